The second-order valence-corrected chi connectivity index (χ2v) is 5.63. The number of pyridine rings is 1. The molecular weight excluding hydrogens is 258 g/mol. The van der Waals surface area contributed by atoms with E-state index in [1.165, 1.54) is 5.56 Å². The normalized spacial score (nSPS) is 20.4. The van der Waals surface area contributed by atoms with Crippen molar-refractivity contribution in [1.29, 1.82) is 0 Å². The molecule has 2 nitrogen and oxygen atoms in total. The van der Waals surface area contributed by atoms with Crippen LogP contribution in [0.5, 0.6) is 0 Å². The maximum atomic E-state index is 12.8. The molecule has 2 heteroatoms. The predicted octanol–water partition coefficient (Wildman–Crippen LogP) is 4.22. The summed E-state index contributed by atoms with van der Waals surface area (Å²) in [6.07, 6.45) is 4.53. The van der Waals surface area contributed by atoms with Gasteiger partial charge in [0, 0.05) is 29.3 Å². The molecular formula is C19H15NO. The number of Topliss-reactive ketones (excluding diaryl/α,β-unsaturated/α-hetero) is 1. The van der Waals surface area contributed by atoms with Crippen LogP contribution in [0.15, 0.2) is 67.0 Å². The Morgan fingerprint density at radius 3 is 2.71 bits per heavy atom. The van der Waals surface area contributed by atoms with E-state index in [4.69, 9.17) is 0 Å². The van der Waals surface area contributed by atoms with Crippen molar-refractivity contribution < 1.29 is 4.79 Å². The SMILES string of the molecule is O=C(c1cccc2cnccc12)C1CC1c1ccccc1. The first-order chi connectivity index (χ1) is 10.3. The van der Waals surface area contributed by atoms with Crippen molar-refractivity contribution in [2.45, 2.75) is 12.3 Å². The van der Waals surface area contributed by atoms with Crippen molar-refractivity contribution in [3.05, 3.63) is 78.1 Å². The van der Waals surface area contributed by atoms with Gasteiger partial charge in [0.2, 0.25) is 0 Å². The summed E-state index contributed by atoms with van der Waals surface area (Å²) in [7, 11) is 0. The van der Waals surface area contributed by atoms with Crippen LogP contribution < -0.4 is 0 Å². The zero-order valence-corrected chi connectivity index (χ0v) is 11.6. The van der Waals surface area contributed by atoms with Gasteiger partial charge in [0.25, 0.3) is 0 Å². The minimum atomic E-state index is 0.131. The van der Waals surface area contributed by atoms with Gasteiger partial charge in [-0.2, -0.15) is 0 Å². The van der Waals surface area contributed by atoms with Gasteiger partial charge in [0.15, 0.2) is 5.78 Å². The molecule has 1 aliphatic carbocycles. The van der Waals surface area contributed by atoms with Crippen molar-refractivity contribution in [2.75, 3.05) is 0 Å². The minimum Gasteiger partial charge on any atom is -0.294 e. The Morgan fingerprint density at radius 2 is 1.86 bits per heavy atom. The number of hydrogen-bond donors (Lipinski definition) is 0. The van der Waals surface area contributed by atoms with Crippen LogP contribution in [-0.4, -0.2) is 10.8 Å². The molecule has 0 aliphatic heterocycles. The smallest absolute Gasteiger partial charge is 0.167 e. The minimum absolute atomic E-state index is 0.131. The first-order valence-electron chi connectivity index (χ1n) is 7.26. The topological polar surface area (TPSA) is 30.0 Å². The Hall–Kier alpha value is -2.48. The van der Waals surface area contributed by atoms with Crippen molar-refractivity contribution in [1.82, 2.24) is 4.98 Å². The summed E-state index contributed by atoms with van der Waals surface area (Å²) in [5, 5.41) is 2.04. The van der Waals surface area contributed by atoms with Gasteiger partial charge in [-0.25, -0.2) is 0 Å². The molecule has 2 unspecified atom stereocenters. The van der Waals surface area contributed by atoms with Crippen LogP contribution in [0.25, 0.3) is 10.8 Å². The van der Waals surface area contributed by atoms with Crippen molar-refractivity contribution >= 4 is 16.6 Å². The average molecular weight is 273 g/mol. The molecule has 1 fully saturated rings. The summed E-state index contributed by atoms with van der Waals surface area (Å²) >= 11 is 0. The van der Waals surface area contributed by atoms with Crippen molar-refractivity contribution in [3.8, 4) is 0 Å². The number of fused-ring (bicyclic) bond motifs is 1. The fraction of sp³-hybridized carbons (Fsp3) is 0.158. The molecule has 0 bridgehead atoms. The number of carbonyl (C=O) groups is 1. The maximum absolute atomic E-state index is 12.8. The molecule has 21 heavy (non-hydrogen) atoms. The van der Waals surface area contributed by atoms with E-state index < -0.39 is 0 Å². The van der Waals surface area contributed by atoms with E-state index in [-0.39, 0.29) is 11.7 Å². The lowest BCUT2D eigenvalue weighted by Crippen LogP contribution is -2.04. The van der Waals surface area contributed by atoms with E-state index in [9.17, 15) is 4.79 Å². The quantitative estimate of drug-likeness (QED) is 0.669. The second kappa shape index (κ2) is 4.81. The maximum Gasteiger partial charge on any atom is 0.167 e. The summed E-state index contributed by atoms with van der Waals surface area (Å²) in [6, 6.07) is 18.1. The van der Waals surface area contributed by atoms with Gasteiger partial charge in [-0.1, -0.05) is 48.5 Å². The van der Waals surface area contributed by atoms with E-state index in [1.807, 2.05) is 48.7 Å². The largest absolute Gasteiger partial charge is 0.294 e. The lowest BCUT2D eigenvalue weighted by molar-refractivity contribution is 0.0967. The van der Waals surface area contributed by atoms with Crippen LogP contribution in [0.1, 0.15) is 28.3 Å². The highest BCUT2D eigenvalue weighted by Crippen LogP contribution is 2.49. The van der Waals surface area contributed by atoms with Gasteiger partial charge in [-0.3, -0.25) is 9.78 Å². The molecule has 3 aromatic rings. The second-order valence-electron chi connectivity index (χ2n) is 5.63. The van der Waals surface area contributed by atoms with Gasteiger partial charge >= 0.3 is 0 Å². The highest BCUT2D eigenvalue weighted by molar-refractivity contribution is 6.10. The summed E-state index contributed by atoms with van der Waals surface area (Å²) in [6.45, 7) is 0. The predicted molar refractivity (Wildman–Crippen MR) is 83.4 cm³/mol. The highest BCUT2D eigenvalue weighted by atomic mass is 16.1. The standard InChI is InChI=1S/C19H15NO/c21-19(18-11-17(18)13-5-2-1-3-6-13)16-8-4-7-14-12-20-10-9-15(14)16/h1-10,12,17-18H,11H2. The summed E-state index contributed by atoms with van der Waals surface area (Å²) < 4.78 is 0. The Kier molecular flexibility index (Phi) is 2.81. The number of nitrogens with zero attached hydrogens (tertiary/aromatic N) is 1. The Morgan fingerprint density at radius 1 is 1.00 bits per heavy atom. The average Bonchev–Trinajstić information content (AvgIpc) is 3.35. The molecule has 4 rings (SSSR count). The van der Waals surface area contributed by atoms with Crippen LogP contribution in [0.4, 0.5) is 0 Å². The van der Waals surface area contributed by atoms with Crippen molar-refractivity contribution in [2.24, 2.45) is 5.92 Å². The highest BCUT2D eigenvalue weighted by Gasteiger charge is 2.44. The zero-order valence-electron chi connectivity index (χ0n) is 11.6. The number of benzene rings is 2. The van der Waals surface area contributed by atoms with Gasteiger partial charge in [-0.05, 0) is 29.4 Å². The van der Waals surface area contributed by atoms with E-state index in [2.05, 4.69) is 17.1 Å². The van der Waals surface area contributed by atoms with E-state index in [0.29, 0.717) is 5.92 Å². The van der Waals surface area contributed by atoms with Crippen LogP contribution >= 0.6 is 0 Å². The number of aromatic nitrogens is 1. The third kappa shape index (κ3) is 2.13. The summed E-state index contributed by atoms with van der Waals surface area (Å²) in [5.74, 6) is 0.780. The Balaban J connectivity index is 1.67. The molecule has 1 heterocycles. The fourth-order valence-electron chi connectivity index (χ4n) is 3.09. The molecule has 1 aliphatic rings. The lowest BCUT2D eigenvalue weighted by atomic mass is 9.98. The lowest BCUT2D eigenvalue weighted by Gasteiger charge is -2.05. The van der Waals surface area contributed by atoms with E-state index in [1.54, 1.807) is 6.20 Å². The van der Waals surface area contributed by atoms with E-state index >= 15 is 0 Å². The van der Waals surface area contributed by atoms with E-state index in [0.717, 1.165) is 22.8 Å². The molecule has 2 aromatic carbocycles. The zero-order chi connectivity index (χ0) is 14.2. The molecule has 102 valence electrons. The molecule has 2 atom stereocenters. The van der Waals surface area contributed by atoms with Gasteiger partial charge < -0.3 is 0 Å². The summed E-state index contributed by atoms with van der Waals surface area (Å²) in [4.78, 5) is 16.9. The Labute approximate surface area is 123 Å². The van der Waals surface area contributed by atoms with Crippen LogP contribution in [0.3, 0.4) is 0 Å². The third-order valence-electron chi connectivity index (χ3n) is 4.30. The monoisotopic (exact) mass is 273 g/mol. The molecule has 0 saturated heterocycles. The molecule has 1 aromatic heterocycles. The van der Waals surface area contributed by atoms with Crippen LogP contribution in [-0.2, 0) is 0 Å². The fourth-order valence-corrected chi connectivity index (χ4v) is 3.09. The number of hydrogen-bond acceptors (Lipinski definition) is 2. The van der Waals surface area contributed by atoms with Crippen LogP contribution in [0, 0.1) is 5.92 Å². The number of rotatable bonds is 3. The van der Waals surface area contributed by atoms with Gasteiger partial charge in [0.05, 0.1) is 0 Å². The first-order valence-corrected chi connectivity index (χ1v) is 7.26. The number of carbonyl (C=O) groups excluding carboxylic acids is 1. The van der Waals surface area contributed by atoms with Crippen molar-refractivity contribution in [3.63, 3.8) is 0 Å². The molecule has 0 amide bonds. The molecule has 0 N–H and O–H groups in total. The number of ketones is 1. The molecule has 0 radical (unpaired) electrons. The van der Waals surface area contributed by atoms with Crippen LogP contribution in [0.2, 0.25) is 0 Å². The first kappa shape index (κ1) is 12.3. The van der Waals surface area contributed by atoms with Gasteiger partial charge in [-0.15, -0.1) is 0 Å². The Bertz CT molecular complexity index is 805. The molecule has 0 spiro atoms. The third-order valence-corrected chi connectivity index (χ3v) is 4.30. The summed E-state index contributed by atoms with van der Waals surface area (Å²) in [5.41, 5.74) is 2.11. The van der Waals surface area contributed by atoms with Gasteiger partial charge in [0.1, 0.15) is 0 Å². The molecule has 1 saturated carbocycles.